The molecule has 21 heavy (non-hydrogen) atoms. The number of rotatable bonds is 10. The highest BCUT2D eigenvalue weighted by Crippen LogP contribution is 2.32. The molecule has 5 nitrogen and oxygen atoms in total. The van der Waals surface area contributed by atoms with E-state index in [9.17, 15) is 0 Å². The summed E-state index contributed by atoms with van der Waals surface area (Å²) >= 11 is 0. The van der Waals surface area contributed by atoms with Crippen molar-refractivity contribution in [2.75, 3.05) is 13.7 Å². The molecule has 5 heteroatoms. The summed E-state index contributed by atoms with van der Waals surface area (Å²) in [7, 11) is 1.71. The Morgan fingerprint density at radius 3 is 2.38 bits per heavy atom. The second kappa shape index (κ2) is 8.49. The molecule has 0 radical (unpaired) electrons. The van der Waals surface area contributed by atoms with E-state index in [0.717, 1.165) is 32.2 Å². The first-order chi connectivity index (χ1) is 10.1. The van der Waals surface area contributed by atoms with Gasteiger partial charge in [-0.3, -0.25) is 0 Å². The molecule has 0 aliphatic heterocycles. The Labute approximate surface area is 128 Å². The fourth-order valence-electron chi connectivity index (χ4n) is 2.77. The molecule has 0 amide bonds. The van der Waals surface area contributed by atoms with Crippen LogP contribution in [0.5, 0.6) is 0 Å². The zero-order valence-corrected chi connectivity index (χ0v) is 14.4. The summed E-state index contributed by atoms with van der Waals surface area (Å²) in [6.45, 7) is 11.7. The monoisotopic (exact) mass is 297 g/mol. The summed E-state index contributed by atoms with van der Waals surface area (Å²) < 4.78 is 11.2. The standard InChI is InChI=1S/C16H31N3O2/c1-7-11-17-12(5)13(8-2)14-18-15(19-21-14)16(9-3,10-4)20-6/h12-13,17H,7-11H2,1-6H3. The van der Waals surface area contributed by atoms with Crippen LogP contribution in [0.1, 0.15) is 77.9 Å². The third-order valence-electron chi connectivity index (χ3n) is 4.46. The molecule has 0 aliphatic rings. The molecule has 0 aromatic carbocycles. The molecule has 0 saturated heterocycles. The van der Waals surface area contributed by atoms with Gasteiger partial charge in [-0.25, -0.2) is 0 Å². The second-order valence-electron chi connectivity index (χ2n) is 5.62. The van der Waals surface area contributed by atoms with Crippen LogP contribution in [0.3, 0.4) is 0 Å². The normalized spacial score (nSPS) is 15.1. The maximum atomic E-state index is 5.67. The van der Waals surface area contributed by atoms with Crippen molar-refractivity contribution < 1.29 is 9.26 Å². The Kier molecular flexibility index (Phi) is 7.32. The minimum atomic E-state index is -0.430. The summed E-state index contributed by atoms with van der Waals surface area (Å²) in [6, 6.07) is 0.323. The van der Waals surface area contributed by atoms with Crippen molar-refractivity contribution in [3.63, 3.8) is 0 Å². The summed E-state index contributed by atoms with van der Waals surface area (Å²) in [5.41, 5.74) is -0.430. The maximum absolute atomic E-state index is 5.67. The van der Waals surface area contributed by atoms with Crippen molar-refractivity contribution in [3.05, 3.63) is 11.7 Å². The molecule has 1 heterocycles. The van der Waals surface area contributed by atoms with Crippen LogP contribution in [0.2, 0.25) is 0 Å². The van der Waals surface area contributed by atoms with Crippen LogP contribution in [-0.4, -0.2) is 29.8 Å². The van der Waals surface area contributed by atoms with Gasteiger partial charge >= 0.3 is 0 Å². The van der Waals surface area contributed by atoms with Gasteiger partial charge in [0.25, 0.3) is 0 Å². The van der Waals surface area contributed by atoms with Gasteiger partial charge in [0, 0.05) is 13.2 Å². The number of hydrogen-bond donors (Lipinski definition) is 1. The highest BCUT2D eigenvalue weighted by atomic mass is 16.5. The molecule has 0 fully saturated rings. The van der Waals surface area contributed by atoms with E-state index in [-0.39, 0.29) is 5.92 Å². The fraction of sp³-hybridized carbons (Fsp3) is 0.875. The molecule has 2 unspecified atom stereocenters. The largest absolute Gasteiger partial charge is 0.370 e. The van der Waals surface area contributed by atoms with Crippen LogP contribution >= 0.6 is 0 Å². The third-order valence-corrected chi connectivity index (χ3v) is 4.46. The van der Waals surface area contributed by atoms with Crippen LogP contribution in [0.4, 0.5) is 0 Å². The minimum absolute atomic E-state index is 0.237. The van der Waals surface area contributed by atoms with Gasteiger partial charge in [-0.05, 0) is 39.2 Å². The molecule has 1 aromatic rings. The van der Waals surface area contributed by atoms with Gasteiger partial charge in [0.05, 0.1) is 5.92 Å². The number of ether oxygens (including phenoxy) is 1. The van der Waals surface area contributed by atoms with Crippen LogP contribution in [0.25, 0.3) is 0 Å². The Bertz CT molecular complexity index is 394. The van der Waals surface area contributed by atoms with Crippen LogP contribution in [0, 0.1) is 0 Å². The maximum Gasteiger partial charge on any atom is 0.231 e. The lowest BCUT2D eigenvalue weighted by Crippen LogP contribution is -2.33. The first-order valence-electron chi connectivity index (χ1n) is 8.21. The summed E-state index contributed by atoms with van der Waals surface area (Å²) in [5.74, 6) is 1.62. The van der Waals surface area contributed by atoms with Crippen molar-refractivity contribution >= 4 is 0 Å². The third kappa shape index (κ3) is 4.04. The highest BCUT2D eigenvalue weighted by molar-refractivity contribution is 5.05. The zero-order chi connectivity index (χ0) is 15.9. The quantitative estimate of drug-likeness (QED) is 0.715. The summed E-state index contributed by atoms with van der Waals surface area (Å²) in [5, 5.41) is 7.71. The van der Waals surface area contributed by atoms with Crippen LogP contribution in [0.15, 0.2) is 4.52 Å². The second-order valence-corrected chi connectivity index (χ2v) is 5.62. The van der Waals surface area contributed by atoms with Crippen molar-refractivity contribution in [2.45, 2.75) is 77.9 Å². The van der Waals surface area contributed by atoms with Crippen molar-refractivity contribution in [1.82, 2.24) is 15.5 Å². The average molecular weight is 297 g/mol. The van der Waals surface area contributed by atoms with Crippen molar-refractivity contribution in [3.8, 4) is 0 Å². The lowest BCUT2D eigenvalue weighted by Gasteiger charge is -2.26. The van der Waals surface area contributed by atoms with Crippen molar-refractivity contribution in [1.29, 1.82) is 0 Å². The Morgan fingerprint density at radius 2 is 1.90 bits per heavy atom. The molecule has 1 N–H and O–H groups in total. The van der Waals surface area contributed by atoms with Crippen LogP contribution in [-0.2, 0) is 10.3 Å². The van der Waals surface area contributed by atoms with Gasteiger partial charge in [-0.1, -0.05) is 32.9 Å². The van der Waals surface area contributed by atoms with E-state index in [0.29, 0.717) is 17.8 Å². The van der Waals surface area contributed by atoms with E-state index < -0.39 is 5.60 Å². The van der Waals surface area contributed by atoms with Gasteiger partial charge in [0.15, 0.2) is 0 Å². The lowest BCUT2D eigenvalue weighted by atomic mass is 9.95. The molecule has 2 atom stereocenters. The van der Waals surface area contributed by atoms with Gasteiger partial charge in [0.2, 0.25) is 11.7 Å². The van der Waals surface area contributed by atoms with E-state index in [4.69, 9.17) is 9.26 Å². The van der Waals surface area contributed by atoms with Crippen molar-refractivity contribution in [2.24, 2.45) is 0 Å². The minimum Gasteiger partial charge on any atom is -0.370 e. The Morgan fingerprint density at radius 1 is 1.24 bits per heavy atom. The van der Waals surface area contributed by atoms with Gasteiger partial charge in [0.1, 0.15) is 5.60 Å². The van der Waals surface area contributed by atoms with E-state index in [2.05, 4.69) is 50.1 Å². The predicted octanol–water partition coefficient (Wildman–Crippen LogP) is 3.61. The van der Waals surface area contributed by atoms with E-state index >= 15 is 0 Å². The molecule has 0 spiro atoms. The topological polar surface area (TPSA) is 60.2 Å². The Hall–Kier alpha value is -0.940. The fourth-order valence-corrected chi connectivity index (χ4v) is 2.77. The van der Waals surface area contributed by atoms with Crippen LogP contribution < -0.4 is 5.32 Å². The smallest absolute Gasteiger partial charge is 0.231 e. The van der Waals surface area contributed by atoms with Gasteiger partial charge < -0.3 is 14.6 Å². The van der Waals surface area contributed by atoms with E-state index in [1.807, 2.05) is 0 Å². The molecular weight excluding hydrogens is 266 g/mol. The molecule has 0 bridgehead atoms. The SMILES string of the molecule is CCCNC(C)C(CC)c1nc(C(CC)(CC)OC)no1. The average Bonchev–Trinajstić information content (AvgIpc) is 2.98. The Balaban J connectivity index is 2.94. The number of nitrogens with one attached hydrogen (secondary N) is 1. The number of hydrogen-bond acceptors (Lipinski definition) is 5. The lowest BCUT2D eigenvalue weighted by molar-refractivity contribution is -0.0306. The number of aromatic nitrogens is 2. The first-order valence-corrected chi connectivity index (χ1v) is 8.21. The van der Waals surface area contributed by atoms with E-state index in [1.165, 1.54) is 0 Å². The molecule has 1 rings (SSSR count). The predicted molar refractivity (Wildman–Crippen MR) is 84.4 cm³/mol. The molecule has 0 aliphatic carbocycles. The summed E-state index contributed by atoms with van der Waals surface area (Å²) in [4.78, 5) is 4.65. The number of nitrogens with zero attached hydrogens (tertiary/aromatic N) is 2. The molecule has 1 aromatic heterocycles. The zero-order valence-electron chi connectivity index (χ0n) is 14.4. The molecule has 0 saturated carbocycles. The number of methoxy groups -OCH3 is 1. The highest BCUT2D eigenvalue weighted by Gasteiger charge is 2.35. The first kappa shape index (κ1) is 18.1. The molecule has 122 valence electrons. The van der Waals surface area contributed by atoms with Gasteiger partial charge in [-0.15, -0.1) is 0 Å². The summed E-state index contributed by atoms with van der Waals surface area (Å²) in [6.07, 6.45) is 3.75. The van der Waals surface area contributed by atoms with E-state index in [1.54, 1.807) is 7.11 Å². The molecular formula is C16H31N3O2. The van der Waals surface area contributed by atoms with Gasteiger partial charge in [-0.2, -0.15) is 4.98 Å².